The molecule has 0 fully saturated rings. The Labute approximate surface area is 119 Å². The number of halogens is 3. The van der Waals surface area contributed by atoms with Gasteiger partial charge in [-0.25, -0.2) is 8.78 Å². The molecule has 6 heteroatoms. The van der Waals surface area contributed by atoms with Crippen molar-refractivity contribution in [2.45, 2.75) is 0 Å². The van der Waals surface area contributed by atoms with Gasteiger partial charge in [-0.1, -0.05) is 17.7 Å². The molecule has 0 aromatic heterocycles. The van der Waals surface area contributed by atoms with Gasteiger partial charge in [-0.3, -0.25) is 4.79 Å². The van der Waals surface area contributed by atoms with Crippen LogP contribution in [0.1, 0.15) is 0 Å². The van der Waals surface area contributed by atoms with E-state index < -0.39 is 17.5 Å². The van der Waals surface area contributed by atoms with Crippen LogP contribution in [0.15, 0.2) is 42.5 Å². The van der Waals surface area contributed by atoms with Crippen LogP contribution < -0.4 is 10.6 Å². The van der Waals surface area contributed by atoms with Crippen molar-refractivity contribution in [2.75, 3.05) is 17.2 Å². The molecule has 0 saturated heterocycles. The number of anilines is 2. The maximum Gasteiger partial charge on any atom is 0.243 e. The summed E-state index contributed by atoms with van der Waals surface area (Å²) in [5.41, 5.74) is 0.468. The Bertz CT molecular complexity index is 634. The molecule has 0 aliphatic heterocycles. The van der Waals surface area contributed by atoms with Crippen molar-refractivity contribution in [3.05, 3.63) is 59.1 Å². The first-order valence-electron chi connectivity index (χ1n) is 5.79. The molecule has 2 aromatic rings. The maximum atomic E-state index is 13.4. The minimum atomic E-state index is -0.575. The quantitative estimate of drug-likeness (QED) is 0.904. The molecule has 0 saturated carbocycles. The van der Waals surface area contributed by atoms with Crippen LogP contribution in [0.4, 0.5) is 20.2 Å². The summed E-state index contributed by atoms with van der Waals surface area (Å²) in [6, 6.07) is 9.56. The number of rotatable bonds is 4. The normalized spacial score (nSPS) is 10.2. The van der Waals surface area contributed by atoms with E-state index in [0.29, 0.717) is 10.7 Å². The average Bonchev–Trinajstić information content (AvgIpc) is 2.41. The van der Waals surface area contributed by atoms with E-state index in [-0.39, 0.29) is 12.2 Å². The van der Waals surface area contributed by atoms with Crippen LogP contribution in [0.3, 0.4) is 0 Å². The Kier molecular flexibility index (Phi) is 4.53. The summed E-state index contributed by atoms with van der Waals surface area (Å²) in [5.74, 6) is -1.44. The SMILES string of the molecule is O=C(CNc1cccc(F)c1)Nc1cc(Cl)ccc1F. The molecule has 0 unspecified atom stereocenters. The van der Waals surface area contributed by atoms with Gasteiger partial charge in [0.2, 0.25) is 5.91 Å². The molecule has 2 rings (SSSR count). The fourth-order valence-electron chi connectivity index (χ4n) is 1.57. The fourth-order valence-corrected chi connectivity index (χ4v) is 1.74. The molecule has 0 aliphatic rings. The first kappa shape index (κ1) is 14.3. The highest BCUT2D eigenvalue weighted by Gasteiger charge is 2.07. The monoisotopic (exact) mass is 296 g/mol. The largest absolute Gasteiger partial charge is 0.376 e. The van der Waals surface area contributed by atoms with E-state index in [0.717, 1.165) is 6.07 Å². The molecule has 1 amide bonds. The summed E-state index contributed by atoms with van der Waals surface area (Å²) in [5, 5.41) is 5.43. The van der Waals surface area contributed by atoms with Crippen LogP contribution in [0.5, 0.6) is 0 Å². The molecule has 20 heavy (non-hydrogen) atoms. The molecule has 3 nitrogen and oxygen atoms in total. The first-order chi connectivity index (χ1) is 9.54. The summed E-state index contributed by atoms with van der Waals surface area (Å²) >= 11 is 5.72. The van der Waals surface area contributed by atoms with Crippen molar-refractivity contribution >= 4 is 28.9 Å². The van der Waals surface area contributed by atoms with Crippen molar-refractivity contribution in [1.29, 1.82) is 0 Å². The van der Waals surface area contributed by atoms with Crippen molar-refractivity contribution in [3.63, 3.8) is 0 Å². The summed E-state index contributed by atoms with van der Waals surface area (Å²) in [7, 11) is 0. The molecule has 0 heterocycles. The highest BCUT2D eigenvalue weighted by molar-refractivity contribution is 6.30. The smallest absolute Gasteiger partial charge is 0.243 e. The zero-order chi connectivity index (χ0) is 14.5. The number of carbonyl (C=O) groups excluding carboxylic acids is 1. The van der Waals surface area contributed by atoms with E-state index in [1.165, 1.54) is 30.3 Å². The molecule has 0 atom stereocenters. The van der Waals surface area contributed by atoms with Gasteiger partial charge in [0.25, 0.3) is 0 Å². The van der Waals surface area contributed by atoms with Crippen LogP contribution >= 0.6 is 11.6 Å². The topological polar surface area (TPSA) is 41.1 Å². The molecule has 0 bridgehead atoms. The summed E-state index contributed by atoms with van der Waals surface area (Å²) in [6.07, 6.45) is 0. The van der Waals surface area contributed by atoms with Gasteiger partial charge in [0.05, 0.1) is 12.2 Å². The van der Waals surface area contributed by atoms with E-state index in [4.69, 9.17) is 11.6 Å². The Morgan fingerprint density at radius 3 is 2.70 bits per heavy atom. The molecule has 2 N–H and O–H groups in total. The molecular formula is C14H11ClF2N2O. The Morgan fingerprint density at radius 2 is 1.95 bits per heavy atom. The van der Waals surface area contributed by atoms with Crippen LogP contribution in [-0.2, 0) is 4.79 Å². The Balaban J connectivity index is 1.94. The van der Waals surface area contributed by atoms with Crippen LogP contribution in [0.25, 0.3) is 0 Å². The van der Waals surface area contributed by atoms with Gasteiger partial charge in [-0.2, -0.15) is 0 Å². The zero-order valence-electron chi connectivity index (χ0n) is 10.3. The van der Waals surface area contributed by atoms with Gasteiger partial charge in [0.1, 0.15) is 11.6 Å². The Morgan fingerprint density at radius 1 is 1.15 bits per heavy atom. The van der Waals surface area contributed by atoms with Gasteiger partial charge < -0.3 is 10.6 Å². The third-order valence-corrected chi connectivity index (χ3v) is 2.72. The second-order valence-corrected chi connectivity index (χ2v) is 4.47. The predicted octanol–water partition coefficient (Wildman–Crippen LogP) is 3.67. The fraction of sp³-hybridized carbons (Fsp3) is 0.0714. The average molecular weight is 297 g/mol. The third-order valence-electron chi connectivity index (χ3n) is 2.48. The van der Waals surface area contributed by atoms with Crippen LogP contribution in [-0.4, -0.2) is 12.5 Å². The van der Waals surface area contributed by atoms with E-state index in [9.17, 15) is 13.6 Å². The van der Waals surface area contributed by atoms with Gasteiger partial charge in [0.15, 0.2) is 0 Å². The van der Waals surface area contributed by atoms with E-state index in [1.54, 1.807) is 6.07 Å². The summed E-state index contributed by atoms with van der Waals surface area (Å²) in [6.45, 7) is -0.116. The molecule has 0 aliphatic carbocycles. The third kappa shape index (κ3) is 3.93. The first-order valence-corrected chi connectivity index (χ1v) is 6.17. The lowest BCUT2D eigenvalue weighted by Gasteiger charge is -2.09. The molecular weight excluding hydrogens is 286 g/mol. The predicted molar refractivity (Wildman–Crippen MR) is 74.9 cm³/mol. The number of benzene rings is 2. The number of nitrogens with one attached hydrogen (secondary N) is 2. The second kappa shape index (κ2) is 6.34. The summed E-state index contributed by atoms with van der Waals surface area (Å²) < 4.78 is 26.3. The number of amides is 1. The molecule has 0 spiro atoms. The van der Waals surface area contributed by atoms with Crippen LogP contribution in [0.2, 0.25) is 5.02 Å². The summed E-state index contributed by atoms with van der Waals surface area (Å²) in [4.78, 5) is 11.7. The van der Waals surface area contributed by atoms with E-state index >= 15 is 0 Å². The lowest BCUT2D eigenvalue weighted by Crippen LogP contribution is -2.22. The van der Waals surface area contributed by atoms with Gasteiger partial charge in [0, 0.05) is 10.7 Å². The number of carbonyl (C=O) groups is 1. The van der Waals surface area contributed by atoms with Crippen LogP contribution in [0, 0.1) is 11.6 Å². The maximum absolute atomic E-state index is 13.4. The molecule has 104 valence electrons. The van der Waals surface area contributed by atoms with Crippen molar-refractivity contribution in [2.24, 2.45) is 0 Å². The minimum Gasteiger partial charge on any atom is -0.376 e. The molecule has 2 aromatic carbocycles. The Hall–Kier alpha value is -2.14. The molecule has 0 radical (unpaired) electrons. The number of hydrogen-bond donors (Lipinski definition) is 2. The minimum absolute atomic E-state index is 0.00328. The second-order valence-electron chi connectivity index (χ2n) is 4.04. The zero-order valence-corrected chi connectivity index (χ0v) is 11.0. The number of hydrogen-bond acceptors (Lipinski definition) is 2. The van der Waals surface area contributed by atoms with Crippen molar-refractivity contribution in [1.82, 2.24) is 0 Å². The lowest BCUT2D eigenvalue weighted by atomic mass is 10.3. The lowest BCUT2D eigenvalue weighted by molar-refractivity contribution is -0.114. The van der Waals surface area contributed by atoms with E-state index in [1.807, 2.05) is 0 Å². The van der Waals surface area contributed by atoms with Gasteiger partial charge >= 0.3 is 0 Å². The van der Waals surface area contributed by atoms with E-state index in [2.05, 4.69) is 10.6 Å². The van der Waals surface area contributed by atoms with Gasteiger partial charge in [-0.15, -0.1) is 0 Å². The van der Waals surface area contributed by atoms with Crippen molar-refractivity contribution in [3.8, 4) is 0 Å². The van der Waals surface area contributed by atoms with Crippen molar-refractivity contribution < 1.29 is 13.6 Å². The van der Waals surface area contributed by atoms with Gasteiger partial charge in [-0.05, 0) is 36.4 Å². The standard InChI is InChI=1S/C14H11ClF2N2O/c15-9-4-5-12(17)13(6-9)19-14(20)8-18-11-3-1-2-10(16)7-11/h1-7,18H,8H2,(H,19,20). The highest BCUT2D eigenvalue weighted by atomic mass is 35.5. The highest BCUT2D eigenvalue weighted by Crippen LogP contribution is 2.19.